The molecule has 0 radical (unpaired) electrons. The smallest absolute Gasteiger partial charge is 0.123 e. The Bertz CT molecular complexity index is 338. The van der Waals surface area contributed by atoms with Gasteiger partial charge >= 0.3 is 0 Å². The fourth-order valence-corrected chi connectivity index (χ4v) is 1.48. The molecule has 1 aromatic rings. The zero-order valence-corrected chi connectivity index (χ0v) is 9.84. The van der Waals surface area contributed by atoms with Crippen molar-refractivity contribution in [2.75, 3.05) is 13.7 Å². The van der Waals surface area contributed by atoms with Crippen LogP contribution < -0.4 is 10.1 Å². The van der Waals surface area contributed by atoms with Gasteiger partial charge in [-0.2, -0.15) is 0 Å². The lowest BCUT2D eigenvalue weighted by atomic mass is 10.1. The number of benzene rings is 1. The van der Waals surface area contributed by atoms with Gasteiger partial charge in [0.2, 0.25) is 0 Å². The van der Waals surface area contributed by atoms with Crippen LogP contribution in [-0.2, 0) is 0 Å². The third kappa shape index (κ3) is 3.57. The minimum Gasteiger partial charge on any atom is -0.496 e. The second-order valence-corrected chi connectivity index (χ2v) is 3.90. The van der Waals surface area contributed by atoms with E-state index >= 15 is 0 Å². The first-order valence-electron chi connectivity index (χ1n) is 4.84. The number of halogens is 1. The third-order valence-corrected chi connectivity index (χ3v) is 2.34. The standard InChI is InChI=1S/C12H16ClNO/c1-9(13)8-14-10(2)11-6-4-5-7-12(11)15-3/h4-7,10,14H,1,8H2,2-3H3. The molecule has 3 heteroatoms. The Hall–Kier alpha value is -0.990. The van der Waals surface area contributed by atoms with E-state index in [0.29, 0.717) is 11.6 Å². The van der Waals surface area contributed by atoms with Crippen LogP contribution in [0.15, 0.2) is 35.9 Å². The summed E-state index contributed by atoms with van der Waals surface area (Å²) >= 11 is 5.69. The molecule has 2 nitrogen and oxygen atoms in total. The molecule has 1 N–H and O–H groups in total. The van der Waals surface area contributed by atoms with Crippen molar-refractivity contribution in [1.82, 2.24) is 5.32 Å². The van der Waals surface area contributed by atoms with E-state index in [1.54, 1.807) is 7.11 Å². The summed E-state index contributed by atoms with van der Waals surface area (Å²) < 4.78 is 5.28. The van der Waals surface area contributed by atoms with Gasteiger partial charge in [0.25, 0.3) is 0 Å². The second kappa shape index (κ2) is 5.79. The summed E-state index contributed by atoms with van der Waals surface area (Å²) in [5.41, 5.74) is 1.12. The zero-order valence-electron chi connectivity index (χ0n) is 9.09. The molecular weight excluding hydrogens is 210 g/mol. The van der Waals surface area contributed by atoms with Crippen LogP contribution in [0.2, 0.25) is 0 Å². The predicted molar refractivity (Wildman–Crippen MR) is 64.4 cm³/mol. The van der Waals surface area contributed by atoms with E-state index in [1.165, 1.54) is 0 Å². The molecule has 0 bridgehead atoms. The summed E-state index contributed by atoms with van der Waals surface area (Å²) in [6.07, 6.45) is 0. The highest BCUT2D eigenvalue weighted by molar-refractivity contribution is 6.29. The molecule has 0 fully saturated rings. The van der Waals surface area contributed by atoms with E-state index in [-0.39, 0.29) is 6.04 Å². The number of para-hydroxylation sites is 1. The van der Waals surface area contributed by atoms with E-state index in [2.05, 4.69) is 18.8 Å². The van der Waals surface area contributed by atoms with Crippen molar-refractivity contribution in [2.24, 2.45) is 0 Å². The van der Waals surface area contributed by atoms with Crippen LogP contribution in [0.25, 0.3) is 0 Å². The van der Waals surface area contributed by atoms with Gasteiger partial charge in [0.05, 0.1) is 7.11 Å². The van der Waals surface area contributed by atoms with Crippen LogP contribution in [0.1, 0.15) is 18.5 Å². The number of nitrogens with one attached hydrogen (secondary N) is 1. The highest BCUT2D eigenvalue weighted by Gasteiger charge is 2.09. The van der Waals surface area contributed by atoms with Crippen molar-refractivity contribution in [3.8, 4) is 5.75 Å². The topological polar surface area (TPSA) is 21.3 Å². The number of methoxy groups -OCH3 is 1. The lowest BCUT2D eigenvalue weighted by molar-refractivity contribution is 0.403. The van der Waals surface area contributed by atoms with Crippen molar-refractivity contribution < 1.29 is 4.74 Å². The monoisotopic (exact) mass is 225 g/mol. The molecule has 0 amide bonds. The molecule has 0 aliphatic rings. The van der Waals surface area contributed by atoms with Crippen molar-refractivity contribution in [3.05, 3.63) is 41.4 Å². The molecule has 0 heterocycles. The second-order valence-electron chi connectivity index (χ2n) is 3.36. The Morgan fingerprint density at radius 3 is 2.80 bits per heavy atom. The van der Waals surface area contributed by atoms with Crippen molar-refractivity contribution >= 4 is 11.6 Å². The van der Waals surface area contributed by atoms with Crippen LogP contribution in [0.5, 0.6) is 5.75 Å². The van der Waals surface area contributed by atoms with Gasteiger partial charge in [-0.05, 0) is 13.0 Å². The molecule has 15 heavy (non-hydrogen) atoms. The molecule has 1 rings (SSSR count). The molecule has 82 valence electrons. The average molecular weight is 226 g/mol. The Labute approximate surface area is 95.9 Å². The summed E-state index contributed by atoms with van der Waals surface area (Å²) in [6, 6.07) is 8.12. The van der Waals surface area contributed by atoms with E-state index in [1.807, 2.05) is 24.3 Å². The maximum absolute atomic E-state index is 5.69. The molecule has 1 aromatic carbocycles. The van der Waals surface area contributed by atoms with Gasteiger partial charge in [-0.3, -0.25) is 0 Å². The maximum atomic E-state index is 5.69. The lowest BCUT2D eigenvalue weighted by Crippen LogP contribution is -2.20. The number of ether oxygens (including phenoxy) is 1. The van der Waals surface area contributed by atoms with Crippen LogP contribution in [0, 0.1) is 0 Å². The predicted octanol–water partition coefficient (Wildman–Crippen LogP) is 3.10. The third-order valence-electron chi connectivity index (χ3n) is 2.21. The van der Waals surface area contributed by atoms with Gasteiger partial charge in [-0.1, -0.05) is 36.4 Å². The molecule has 0 saturated carbocycles. The quantitative estimate of drug-likeness (QED) is 0.832. The van der Waals surface area contributed by atoms with Crippen molar-refractivity contribution in [1.29, 1.82) is 0 Å². The molecule has 0 saturated heterocycles. The van der Waals surface area contributed by atoms with E-state index in [4.69, 9.17) is 16.3 Å². The maximum Gasteiger partial charge on any atom is 0.123 e. The number of hydrogen-bond donors (Lipinski definition) is 1. The SMILES string of the molecule is C=C(Cl)CNC(C)c1ccccc1OC. The number of rotatable bonds is 5. The summed E-state index contributed by atoms with van der Waals surface area (Å²) in [5.74, 6) is 0.887. The largest absolute Gasteiger partial charge is 0.496 e. The van der Waals surface area contributed by atoms with Gasteiger partial charge in [0.15, 0.2) is 0 Å². The van der Waals surface area contributed by atoms with Crippen molar-refractivity contribution in [2.45, 2.75) is 13.0 Å². The van der Waals surface area contributed by atoms with Gasteiger partial charge in [-0.15, -0.1) is 0 Å². The fraction of sp³-hybridized carbons (Fsp3) is 0.333. The molecule has 1 atom stereocenters. The summed E-state index contributed by atoms with van der Waals surface area (Å²) in [6.45, 7) is 6.30. The van der Waals surface area contributed by atoms with E-state index in [9.17, 15) is 0 Å². The molecule has 1 unspecified atom stereocenters. The average Bonchev–Trinajstić information content (AvgIpc) is 2.25. The highest BCUT2D eigenvalue weighted by Crippen LogP contribution is 2.24. The van der Waals surface area contributed by atoms with Crippen LogP contribution >= 0.6 is 11.6 Å². The summed E-state index contributed by atoms with van der Waals surface area (Å²) in [5, 5.41) is 3.87. The van der Waals surface area contributed by atoms with Crippen molar-refractivity contribution in [3.63, 3.8) is 0 Å². The van der Waals surface area contributed by atoms with Gasteiger partial charge in [0.1, 0.15) is 5.75 Å². The molecule has 0 spiro atoms. The van der Waals surface area contributed by atoms with Gasteiger partial charge in [-0.25, -0.2) is 0 Å². The zero-order chi connectivity index (χ0) is 11.3. The van der Waals surface area contributed by atoms with Gasteiger partial charge < -0.3 is 10.1 Å². The first-order valence-corrected chi connectivity index (χ1v) is 5.22. The molecule has 0 aromatic heterocycles. The van der Waals surface area contributed by atoms with Crippen LogP contribution in [0.4, 0.5) is 0 Å². The summed E-state index contributed by atoms with van der Waals surface area (Å²) in [4.78, 5) is 0. The van der Waals surface area contributed by atoms with Crippen LogP contribution in [-0.4, -0.2) is 13.7 Å². The summed E-state index contributed by atoms with van der Waals surface area (Å²) in [7, 11) is 1.67. The van der Waals surface area contributed by atoms with Gasteiger partial charge in [0, 0.05) is 23.2 Å². The normalized spacial score (nSPS) is 12.2. The Kier molecular flexibility index (Phi) is 4.66. The Morgan fingerprint density at radius 2 is 2.20 bits per heavy atom. The highest BCUT2D eigenvalue weighted by atomic mass is 35.5. The molecular formula is C12H16ClNO. The molecule has 0 aliphatic carbocycles. The molecule has 0 aliphatic heterocycles. The Balaban J connectivity index is 2.72. The van der Waals surface area contributed by atoms with Crippen LogP contribution in [0.3, 0.4) is 0 Å². The number of hydrogen-bond acceptors (Lipinski definition) is 2. The first-order chi connectivity index (χ1) is 7.15. The first kappa shape index (κ1) is 12.1. The fourth-order valence-electron chi connectivity index (χ4n) is 1.40. The lowest BCUT2D eigenvalue weighted by Gasteiger charge is -2.16. The minimum absolute atomic E-state index is 0.191. The Morgan fingerprint density at radius 1 is 1.53 bits per heavy atom. The van der Waals surface area contributed by atoms with E-state index in [0.717, 1.165) is 11.3 Å². The van der Waals surface area contributed by atoms with E-state index < -0.39 is 0 Å². The minimum atomic E-state index is 0.191.